The second kappa shape index (κ2) is 19.6. The molecule has 0 saturated carbocycles. The Morgan fingerprint density at radius 2 is 1.56 bits per heavy atom. The first-order chi connectivity index (χ1) is 29.8. The smallest absolute Gasteiger partial charge is 0.416 e. The molecule has 1 aliphatic carbocycles. The van der Waals surface area contributed by atoms with E-state index in [1.165, 1.54) is 16.0 Å². The van der Waals surface area contributed by atoms with Crippen molar-refractivity contribution in [3.63, 3.8) is 0 Å². The average molecular weight is 958 g/mol. The van der Waals surface area contributed by atoms with Crippen LogP contribution < -0.4 is 5.32 Å². The normalized spacial score (nSPS) is 20.7. The molecule has 8 nitrogen and oxygen atoms in total. The Morgan fingerprint density at radius 1 is 0.906 bits per heavy atom. The van der Waals surface area contributed by atoms with Crippen molar-refractivity contribution in [1.29, 1.82) is 0 Å². The van der Waals surface area contributed by atoms with Crippen molar-refractivity contribution in [2.24, 2.45) is 0 Å². The number of hydrogen-bond donors (Lipinski definition) is 1. The summed E-state index contributed by atoms with van der Waals surface area (Å²) in [6.07, 6.45) is -5.72. The SMILES string of the molecule is CN(CCCCO[Si](C)(C)C(C)(C)C)C(=O)CN[C@H]1Cc2ccccc2C12CCN(CC[C@@]1(c3ccc(Cl)c(Cl)c3)CN(C(=O)c3cc(C(F)(F)F)cc(C(F)(F)F)c3)CCO1)CC2. The maximum absolute atomic E-state index is 13.9. The van der Waals surface area contributed by atoms with Crippen molar-refractivity contribution in [3.8, 4) is 0 Å². The van der Waals surface area contributed by atoms with Crippen LogP contribution in [0.2, 0.25) is 28.2 Å². The van der Waals surface area contributed by atoms with Gasteiger partial charge in [0.05, 0.1) is 40.9 Å². The van der Waals surface area contributed by atoms with Gasteiger partial charge >= 0.3 is 12.4 Å². The molecule has 2 aliphatic heterocycles. The molecule has 0 aromatic heterocycles. The molecule has 64 heavy (non-hydrogen) atoms. The number of benzene rings is 3. The number of nitrogens with one attached hydrogen (secondary N) is 1. The first-order valence-corrected chi connectivity index (χ1v) is 25.6. The van der Waals surface area contributed by atoms with E-state index in [0.717, 1.165) is 32.1 Å². The lowest BCUT2D eigenvalue weighted by molar-refractivity contribution is -0.143. The minimum atomic E-state index is -5.11. The maximum Gasteiger partial charge on any atom is 0.416 e. The summed E-state index contributed by atoms with van der Waals surface area (Å²) >= 11 is 12.8. The molecule has 352 valence electrons. The quantitative estimate of drug-likeness (QED) is 0.0986. The first-order valence-electron chi connectivity index (χ1n) is 22.0. The van der Waals surface area contributed by atoms with Gasteiger partial charge in [-0.05, 0) is 117 Å². The van der Waals surface area contributed by atoms with Gasteiger partial charge in [-0.3, -0.25) is 9.59 Å². The van der Waals surface area contributed by atoms with Gasteiger partial charge in [-0.25, -0.2) is 0 Å². The highest BCUT2D eigenvalue weighted by atomic mass is 35.5. The Kier molecular flexibility index (Phi) is 15.4. The van der Waals surface area contributed by atoms with Gasteiger partial charge < -0.3 is 29.2 Å². The molecular weight excluding hydrogens is 898 g/mol. The third kappa shape index (κ3) is 11.3. The van der Waals surface area contributed by atoms with Crippen molar-refractivity contribution in [2.45, 2.75) is 107 Å². The summed E-state index contributed by atoms with van der Waals surface area (Å²) in [7, 11) is 0.0285. The van der Waals surface area contributed by atoms with E-state index in [1.807, 2.05) is 13.1 Å². The zero-order valence-electron chi connectivity index (χ0n) is 37.5. The largest absolute Gasteiger partial charge is 0.417 e. The fourth-order valence-corrected chi connectivity index (χ4v) is 10.5. The van der Waals surface area contributed by atoms with Gasteiger partial charge in [0.2, 0.25) is 5.91 Å². The lowest BCUT2D eigenvalue weighted by Crippen LogP contribution is -2.55. The number of unbranched alkanes of at least 4 members (excludes halogenated alkanes) is 1. The average Bonchev–Trinajstić information content (AvgIpc) is 3.53. The predicted octanol–water partition coefficient (Wildman–Crippen LogP) is 10.6. The molecule has 2 saturated heterocycles. The van der Waals surface area contributed by atoms with Crippen LogP contribution in [0, 0.1) is 0 Å². The lowest BCUT2D eigenvalue weighted by Gasteiger charge is -2.47. The molecule has 0 bridgehead atoms. The number of hydrogen-bond acceptors (Lipinski definition) is 6. The van der Waals surface area contributed by atoms with Gasteiger partial charge in [-0.15, -0.1) is 0 Å². The Balaban J connectivity index is 1.12. The third-order valence-corrected chi connectivity index (χ3v) is 19.3. The van der Waals surface area contributed by atoms with Gasteiger partial charge in [-0.2, -0.15) is 26.3 Å². The summed E-state index contributed by atoms with van der Waals surface area (Å²) in [5, 5.41) is 4.32. The Hall–Kier alpha value is -3.18. The van der Waals surface area contributed by atoms with E-state index in [4.69, 9.17) is 32.4 Å². The molecule has 3 aliphatic rings. The molecular formula is C47H60Cl2F6N4O4Si. The van der Waals surface area contributed by atoms with Crippen molar-refractivity contribution in [3.05, 3.63) is 104 Å². The van der Waals surface area contributed by atoms with Crippen LogP contribution in [0.15, 0.2) is 60.7 Å². The zero-order chi connectivity index (χ0) is 46.9. The van der Waals surface area contributed by atoms with Crippen LogP contribution in [0.4, 0.5) is 26.3 Å². The van der Waals surface area contributed by atoms with E-state index in [2.05, 4.69) is 62.3 Å². The minimum absolute atomic E-state index is 0.00954. The number of nitrogens with zero attached hydrogens (tertiary/aromatic N) is 3. The number of amides is 2. The van der Waals surface area contributed by atoms with Gasteiger partial charge in [0.15, 0.2) is 8.32 Å². The second-order valence-electron chi connectivity index (χ2n) is 19.2. The van der Waals surface area contributed by atoms with Crippen LogP contribution in [0.3, 0.4) is 0 Å². The third-order valence-electron chi connectivity index (χ3n) is 14.1. The monoisotopic (exact) mass is 956 g/mol. The van der Waals surface area contributed by atoms with Gasteiger partial charge in [-0.1, -0.05) is 74.3 Å². The molecule has 1 N–H and O–H groups in total. The van der Waals surface area contributed by atoms with E-state index < -0.39 is 48.9 Å². The van der Waals surface area contributed by atoms with Crippen molar-refractivity contribution in [2.75, 3.05) is 66.1 Å². The molecule has 2 amide bonds. The summed E-state index contributed by atoms with van der Waals surface area (Å²) in [5.74, 6) is -0.936. The molecule has 0 unspecified atom stereocenters. The lowest BCUT2D eigenvalue weighted by atomic mass is 9.71. The second-order valence-corrected chi connectivity index (χ2v) is 24.8. The number of rotatable bonds is 14. The maximum atomic E-state index is 13.9. The number of halogens is 8. The van der Waals surface area contributed by atoms with E-state index in [1.54, 1.807) is 23.1 Å². The molecule has 2 atom stereocenters. The minimum Gasteiger partial charge on any atom is -0.417 e. The van der Waals surface area contributed by atoms with Crippen LogP contribution in [0.1, 0.15) is 91.1 Å². The number of ether oxygens (including phenoxy) is 1. The van der Waals surface area contributed by atoms with E-state index in [9.17, 15) is 35.9 Å². The van der Waals surface area contributed by atoms with Crippen molar-refractivity contribution < 1.29 is 45.1 Å². The Labute approximate surface area is 384 Å². The number of fused-ring (bicyclic) bond motifs is 2. The molecule has 17 heteroatoms. The summed E-state index contributed by atoms with van der Waals surface area (Å²) in [4.78, 5) is 32.7. The molecule has 0 radical (unpaired) electrons. The highest BCUT2D eigenvalue weighted by Crippen LogP contribution is 2.47. The predicted molar refractivity (Wildman–Crippen MR) is 240 cm³/mol. The number of piperidine rings is 1. The number of carbonyl (C=O) groups excluding carboxylic acids is 2. The van der Waals surface area contributed by atoms with Crippen LogP contribution >= 0.6 is 23.2 Å². The summed E-state index contributed by atoms with van der Waals surface area (Å²) in [6.45, 7) is 14.4. The first kappa shape index (κ1) is 50.2. The number of carbonyl (C=O) groups is 2. The molecule has 2 heterocycles. The van der Waals surface area contributed by atoms with Crippen LogP contribution in [-0.2, 0) is 43.7 Å². The van der Waals surface area contributed by atoms with Gasteiger partial charge in [0.1, 0.15) is 5.60 Å². The van der Waals surface area contributed by atoms with Gasteiger partial charge in [0, 0.05) is 50.3 Å². The van der Waals surface area contributed by atoms with Crippen molar-refractivity contribution >= 4 is 43.3 Å². The molecule has 1 spiro atoms. The van der Waals surface area contributed by atoms with E-state index in [-0.39, 0.29) is 64.8 Å². The summed E-state index contributed by atoms with van der Waals surface area (Å²) in [6, 6.07) is 14.4. The fourth-order valence-electron chi connectivity index (χ4n) is 9.12. The van der Waals surface area contributed by atoms with Crippen molar-refractivity contribution in [1.82, 2.24) is 20.0 Å². The summed E-state index contributed by atoms with van der Waals surface area (Å²) in [5.41, 5.74) is -2.13. The van der Waals surface area contributed by atoms with E-state index >= 15 is 0 Å². The number of alkyl halides is 6. The number of likely N-dealkylation sites (tertiary alicyclic amines) is 1. The standard InChI is InChI=1S/C47H60Cl2F6N4O4Si/c1-43(2,3)64(5,6)63-23-10-9-18-57(4)41(60)30-56-40-27-32-11-7-8-12-37(32)44(40)15-19-58(20-16-44)21-17-45(34-13-14-38(48)39(49)29-34)31-59(22-24-62-45)42(61)33-25-35(46(50,51)52)28-36(26-33)47(53,54)55/h7-8,11-14,25-26,28-29,40,56H,9-10,15-24,27,30-31H2,1-6H3/t40-,45-/m0/s1. The molecule has 2 fully saturated rings. The van der Waals surface area contributed by atoms with Crippen LogP contribution in [-0.4, -0.2) is 107 Å². The topological polar surface area (TPSA) is 74.4 Å². The number of morpholine rings is 1. The Bertz CT molecular complexity index is 2110. The summed E-state index contributed by atoms with van der Waals surface area (Å²) < 4.78 is 95.4. The van der Waals surface area contributed by atoms with Crippen LogP contribution in [0.5, 0.6) is 0 Å². The Morgan fingerprint density at radius 3 is 2.19 bits per heavy atom. The molecule has 3 aromatic carbocycles. The van der Waals surface area contributed by atoms with Crippen LogP contribution in [0.25, 0.3) is 0 Å². The molecule has 3 aromatic rings. The molecule has 6 rings (SSSR count). The fraction of sp³-hybridized carbons (Fsp3) is 0.574. The van der Waals surface area contributed by atoms with E-state index in [0.29, 0.717) is 56.9 Å². The zero-order valence-corrected chi connectivity index (χ0v) is 40.0. The van der Waals surface area contributed by atoms with Gasteiger partial charge in [0.25, 0.3) is 5.91 Å². The highest BCUT2D eigenvalue weighted by molar-refractivity contribution is 6.74. The highest BCUT2D eigenvalue weighted by Gasteiger charge is 2.49. The number of likely N-dealkylation sites (N-methyl/N-ethyl adjacent to an activating group) is 1.